The summed E-state index contributed by atoms with van der Waals surface area (Å²) in [6, 6.07) is 1.62. The van der Waals surface area contributed by atoms with E-state index in [-0.39, 0.29) is 17.9 Å². The summed E-state index contributed by atoms with van der Waals surface area (Å²) < 4.78 is 0. The maximum Gasteiger partial charge on any atom is 0.229 e. The van der Waals surface area contributed by atoms with Gasteiger partial charge in [-0.05, 0) is 56.6 Å². The number of nitrogens with two attached hydrogens (primary N) is 1. The number of hydrogen-bond donors (Lipinski definition) is 2. The number of amides is 1. The van der Waals surface area contributed by atoms with Crippen LogP contribution in [-0.2, 0) is 4.79 Å². The summed E-state index contributed by atoms with van der Waals surface area (Å²) in [5, 5.41) is 3.79. The highest BCUT2D eigenvalue weighted by Gasteiger charge is 2.49. The predicted molar refractivity (Wildman–Crippen MR) is 99.5 cm³/mol. The van der Waals surface area contributed by atoms with Crippen LogP contribution in [0.4, 0.5) is 5.95 Å². The Bertz CT molecular complexity index is 669. The molecule has 1 aromatic rings. The zero-order valence-corrected chi connectivity index (χ0v) is 15.1. The zero-order chi connectivity index (χ0) is 17.9. The number of hydrogen-bond acceptors (Lipinski definition) is 5. The van der Waals surface area contributed by atoms with E-state index in [1.807, 2.05) is 13.0 Å². The fraction of sp³-hybridized carbons (Fsp3) is 0.556. The first kappa shape index (κ1) is 17.9. The van der Waals surface area contributed by atoms with Gasteiger partial charge >= 0.3 is 0 Å². The van der Waals surface area contributed by atoms with E-state index in [1.165, 1.54) is 0 Å². The van der Waals surface area contributed by atoms with E-state index in [2.05, 4.69) is 20.3 Å². The van der Waals surface area contributed by atoms with Gasteiger partial charge in [-0.3, -0.25) is 9.79 Å². The van der Waals surface area contributed by atoms with E-state index >= 15 is 0 Å². The van der Waals surface area contributed by atoms with E-state index in [4.69, 9.17) is 17.3 Å². The highest BCUT2D eigenvalue weighted by atomic mass is 35.5. The number of dihydropyridines is 1. The van der Waals surface area contributed by atoms with Crippen molar-refractivity contribution in [3.05, 3.63) is 29.6 Å². The molecule has 1 amide bonds. The molecule has 7 heteroatoms. The molecule has 0 radical (unpaired) electrons. The monoisotopic (exact) mass is 361 g/mol. The average molecular weight is 362 g/mol. The van der Waals surface area contributed by atoms with Crippen LogP contribution in [0.1, 0.15) is 32.6 Å². The lowest BCUT2D eigenvalue weighted by molar-refractivity contribution is -0.129. The maximum absolute atomic E-state index is 12.3. The van der Waals surface area contributed by atoms with Crippen LogP contribution in [0.25, 0.3) is 0 Å². The second kappa shape index (κ2) is 7.52. The normalized spacial score (nSPS) is 32.1. The number of primary amides is 1. The number of anilines is 1. The number of aliphatic imine (C=N–C) groups is 1. The lowest BCUT2D eigenvalue weighted by Crippen LogP contribution is -2.51. The molecular formula is C18H24ClN5O. The number of halogens is 1. The first-order valence-corrected chi connectivity index (χ1v) is 9.12. The van der Waals surface area contributed by atoms with Crippen molar-refractivity contribution in [2.45, 2.75) is 38.6 Å². The molecule has 2 atom stereocenters. The van der Waals surface area contributed by atoms with Gasteiger partial charge in [0.25, 0.3) is 0 Å². The standard InChI is InChI=1S/C18H24ClN5O/c1-12-18(16(20)25,9-15(19)11-23-12)14-5-3-13(4-6-14)10-24-17-21-7-2-8-22-17/h2,7-9,11-14H,3-6,10H2,1H3,(H2,20,25)(H,21,22,24). The van der Waals surface area contributed by atoms with Gasteiger partial charge in [-0.15, -0.1) is 0 Å². The molecule has 1 fully saturated rings. The van der Waals surface area contributed by atoms with Gasteiger partial charge in [0.2, 0.25) is 11.9 Å². The van der Waals surface area contributed by atoms with Crippen LogP contribution in [0.15, 0.2) is 34.6 Å². The van der Waals surface area contributed by atoms with Crippen molar-refractivity contribution in [3.63, 3.8) is 0 Å². The van der Waals surface area contributed by atoms with Crippen molar-refractivity contribution in [3.8, 4) is 0 Å². The highest BCUT2D eigenvalue weighted by molar-refractivity contribution is 6.39. The summed E-state index contributed by atoms with van der Waals surface area (Å²) in [4.78, 5) is 25.1. The van der Waals surface area contributed by atoms with E-state index in [0.717, 1.165) is 32.2 Å². The van der Waals surface area contributed by atoms with Crippen LogP contribution < -0.4 is 11.1 Å². The van der Waals surface area contributed by atoms with E-state index in [1.54, 1.807) is 24.7 Å². The predicted octanol–water partition coefficient (Wildman–Crippen LogP) is 2.76. The Morgan fingerprint density at radius 1 is 1.32 bits per heavy atom. The third-order valence-electron chi connectivity index (χ3n) is 5.55. The van der Waals surface area contributed by atoms with Gasteiger partial charge in [-0.2, -0.15) is 0 Å². The number of aromatic nitrogens is 2. The maximum atomic E-state index is 12.3. The SMILES string of the molecule is CC1N=CC(Cl)=CC1(C(N)=O)C1CCC(CNc2ncccn2)CC1. The topological polar surface area (TPSA) is 93.3 Å². The van der Waals surface area contributed by atoms with Crippen molar-refractivity contribution >= 4 is 29.7 Å². The van der Waals surface area contributed by atoms with Crippen LogP contribution >= 0.6 is 11.6 Å². The second-order valence-corrected chi connectivity index (χ2v) is 7.39. The second-order valence-electron chi connectivity index (χ2n) is 6.95. The summed E-state index contributed by atoms with van der Waals surface area (Å²) in [6.45, 7) is 2.78. The van der Waals surface area contributed by atoms with Crippen LogP contribution in [0.5, 0.6) is 0 Å². The molecule has 2 aliphatic rings. The average Bonchev–Trinajstić information content (AvgIpc) is 2.63. The Morgan fingerprint density at radius 3 is 2.64 bits per heavy atom. The van der Waals surface area contributed by atoms with Gasteiger partial charge in [0, 0.05) is 25.2 Å². The molecule has 134 valence electrons. The van der Waals surface area contributed by atoms with Crippen molar-refractivity contribution in [2.75, 3.05) is 11.9 Å². The van der Waals surface area contributed by atoms with Gasteiger partial charge in [0.05, 0.1) is 16.5 Å². The minimum atomic E-state index is -0.771. The zero-order valence-electron chi connectivity index (χ0n) is 14.4. The smallest absolute Gasteiger partial charge is 0.229 e. The molecule has 2 heterocycles. The van der Waals surface area contributed by atoms with Crippen LogP contribution in [-0.4, -0.2) is 34.7 Å². The third-order valence-corrected chi connectivity index (χ3v) is 5.76. The molecule has 2 unspecified atom stereocenters. The first-order chi connectivity index (χ1) is 12.0. The fourth-order valence-electron chi connectivity index (χ4n) is 4.10. The highest BCUT2D eigenvalue weighted by Crippen LogP contribution is 2.46. The number of carbonyl (C=O) groups excluding carboxylic acids is 1. The van der Waals surface area contributed by atoms with E-state index < -0.39 is 5.41 Å². The molecule has 0 spiro atoms. The summed E-state index contributed by atoms with van der Waals surface area (Å²) in [7, 11) is 0. The van der Waals surface area contributed by atoms with E-state index in [9.17, 15) is 4.79 Å². The van der Waals surface area contributed by atoms with Gasteiger partial charge in [0.15, 0.2) is 0 Å². The van der Waals surface area contributed by atoms with Crippen LogP contribution in [0, 0.1) is 17.3 Å². The van der Waals surface area contributed by atoms with Gasteiger partial charge in [0.1, 0.15) is 0 Å². The number of nitrogens with one attached hydrogen (secondary N) is 1. The van der Waals surface area contributed by atoms with Crippen LogP contribution in [0.2, 0.25) is 0 Å². The van der Waals surface area contributed by atoms with Crippen molar-refractivity contribution in [1.82, 2.24) is 9.97 Å². The van der Waals surface area contributed by atoms with Gasteiger partial charge < -0.3 is 11.1 Å². The van der Waals surface area contributed by atoms with Gasteiger partial charge in [-0.1, -0.05) is 11.6 Å². The summed E-state index contributed by atoms with van der Waals surface area (Å²) in [5.74, 6) is 1.04. The molecule has 3 N–H and O–H groups in total. The molecule has 25 heavy (non-hydrogen) atoms. The van der Waals surface area contributed by atoms with Crippen molar-refractivity contribution in [2.24, 2.45) is 28.0 Å². The minimum absolute atomic E-state index is 0.176. The Balaban J connectivity index is 1.62. The summed E-state index contributed by atoms with van der Waals surface area (Å²) >= 11 is 6.16. The van der Waals surface area contributed by atoms with Gasteiger partial charge in [-0.25, -0.2) is 9.97 Å². The molecule has 6 nitrogen and oxygen atoms in total. The Morgan fingerprint density at radius 2 is 2.00 bits per heavy atom. The minimum Gasteiger partial charge on any atom is -0.369 e. The molecule has 0 aromatic carbocycles. The molecule has 1 aliphatic heterocycles. The number of nitrogens with zero attached hydrogens (tertiary/aromatic N) is 3. The lowest BCUT2D eigenvalue weighted by atomic mass is 9.62. The fourth-order valence-corrected chi connectivity index (χ4v) is 4.34. The van der Waals surface area contributed by atoms with Crippen molar-refractivity contribution in [1.29, 1.82) is 0 Å². The Kier molecular flexibility index (Phi) is 5.37. The molecule has 1 aromatic heterocycles. The van der Waals surface area contributed by atoms with Crippen LogP contribution in [0.3, 0.4) is 0 Å². The summed E-state index contributed by atoms with van der Waals surface area (Å²) in [6.07, 6.45) is 10.8. The first-order valence-electron chi connectivity index (χ1n) is 8.74. The Labute approximate surface area is 153 Å². The molecular weight excluding hydrogens is 338 g/mol. The molecule has 1 aliphatic carbocycles. The molecule has 1 saturated carbocycles. The largest absolute Gasteiger partial charge is 0.369 e. The number of carbonyl (C=O) groups is 1. The molecule has 0 bridgehead atoms. The Hall–Kier alpha value is -1.95. The third kappa shape index (κ3) is 3.68. The van der Waals surface area contributed by atoms with E-state index in [0.29, 0.717) is 16.9 Å². The van der Waals surface area contributed by atoms with Crippen molar-refractivity contribution < 1.29 is 4.79 Å². The number of rotatable bonds is 5. The quantitative estimate of drug-likeness (QED) is 0.843. The molecule has 3 rings (SSSR count). The lowest BCUT2D eigenvalue weighted by Gasteiger charge is -2.43. The summed E-state index contributed by atoms with van der Waals surface area (Å²) in [5.41, 5.74) is 5.04. The number of allylic oxidation sites excluding steroid dienone is 1. The molecule has 0 saturated heterocycles.